The predicted molar refractivity (Wildman–Crippen MR) is 66.6 cm³/mol. The normalized spacial score (nSPS) is 16.4. The molecule has 2 N–H and O–H groups in total. The quantitative estimate of drug-likeness (QED) is 0.744. The second-order valence-corrected chi connectivity index (χ2v) is 4.30. The molecule has 0 spiro atoms. The molecule has 0 aromatic carbocycles. The van der Waals surface area contributed by atoms with Crippen molar-refractivity contribution in [2.45, 2.75) is 6.42 Å². The van der Waals surface area contributed by atoms with Crippen molar-refractivity contribution >= 4 is 28.2 Å². The van der Waals surface area contributed by atoms with E-state index in [2.05, 4.69) is 21.4 Å². The molecule has 3 rings (SSSR count). The van der Waals surface area contributed by atoms with Gasteiger partial charge in [-0.2, -0.15) is 0 Å². The monoisotopic (exact) mass is 233 g/mol. The number of nitrogens with one attached hydrogen (secondary N) is 2. The fourth-order valence-electron chi connectivity index (χ4n) is 2.11. The molecule has 0 aliphatic carbocycles. The largest absolute Gasteiger partial charge is 0.345 e. The van der Waals surface area contributed by atoms with Gasteiger partial charge in [0.05, 0.1) is 0 Å². The van der Waals surface area contributed by atoms with Gasteiger partial charge in [-0.05, 0) is 30.7 Å². The lowest BCUT2D eigenvalue weighted by molar-refractivity contribution is 0.739. The second-order valence-electron chi connectivity index (χ2n) is 3.92. The number of rotatable bonds is 1. The van der Waals surface area contributed by atoms with Gasteiger partial charge in [0.25, 0.3) is 0 Å². The van der Waals surface area contributed by atoms with Crippen LogP contribution in [0.3, 0.4) is 0 Å². The van der Waals surface area contributed by atoms with Crippen LogP contribution in [0.15, 0.2) is 24.4 Å². The van der Waals surface area contributed by atoms with Crippen LogP contribution in [0.2, 0.25) is 5.15 Å². The molecule has 1 aliphatic heterocycles. The first kappa shape index (κ1) is 9.87. The number of hydrogen-bond acceptors (Lipinski definition) is 2. The van der Waals surface area contributed by atoms with Gasteiger partial charge in [0.15, 0.2) is 0 Å². The Labute approximate surface area is 98.5 Å². The van der Waals surface area contributed by atoms with Crippen molar-refractivity contribution in [2.24, 2.45) is 0 Å². The smallest absolute Gasteiger partial charge is 0.139 e. The Morgan fingerprint density at radius 3 is 3.06 bits per heavy atom. The summed E-state index contributed by atoms with van der Waals surface area (Å²) < 4.78 is 0. The number of aromatic amines is 1. The summed E-state index contributed by atoms with van der Waals surface area (Å²) in [4.78, 5) is 7.43. The zero-order valence-corrected chi connectivity index (χ0v) is 9.51. The van der Waals surface area contributed by atoms with Gasteiger partial charge in [-0.15, -0.1) is 0 Å². The van der Waals surface area contributed by atoms with Gasteiger partial charge in [-0.25, -0.2) is 4.98 Å². The van der Waals surface area contributed by atoms with Gasteiger partial charge in [-0.3, -0.25) is 0 Å². The van der Waals surface area contributed by atoms with Crippen molar-refractivity contribution in [1.82, 2.24) is 15.3 Å². The highest BCUT2D eigenvalue weighted by Gasteiger charge is 2.11. The van der Waals surface area contributed by atoms with Gasteiger partial charge >= 0.3 is 0 Å². The van der Waals surface area contributed by atoms with Crippen LogP contribution in [-0.4, -0.2) is 23.1 Å². The number of hydrogen-bond donors (Lipinski definition) is 2. The Kier molecular flexibility index (Phi) is 2.42. The van der Waals surface area contributed by atoms with Crippen LogP contribution < -0.4 is 5.32 Å². The van der Waals surface area contributed by atoms with Gasteiger partial charge in [0, 0.05) is 23.7 Å². The van der Waals surface area contributed by atoms with Crippen LogP contribution in [-0.2, 0) is 0 Å². The third-order valence-corrected chi connectivity index (χ3v) is 3.13. The highest BCUT2D eigenvalue weighted by atomic mass is 35.5. The molecule has 4 heteroatoms. The summed E-state index contributed by atoms with van der Waals surface area (Å²) in [5.74, 6) is 0. The fourth-order valence-corrected chi connectivity index (χ4v) is 2.26. The maximum absolute atomic E-state index is 5.86. The Balaban J connectivity index is 2.13. The lowest BCUT2D eigenvalue weighted by atomic mass is 10.0. The molecule has 2 aromatic rings. The summed E-state index contributed by atoms with van der Waals surface area (Å²) in [6, 6.07) is 3.86. The molecule has 0 amide bonds. The maximum Gasteiger partial charge on any atom is 0.139 e. The average Bonchev–Trinajstić information content (AvgIpc) is 2.73. The summed E-state index contributed by atoms with van der Waals surface area (Å²) in [7, 11) is 0. The summed E-state index contributed by atoms with van der Waals surface area (Å²) in [5, 5.41) is 4.99. The van der Waals surface area contributed by atoms with Crippen LogP contribution in [0, 0.1) is 0 Å². The van der Waals surface area contributed by atoms with Gasteiger partial charge in [0.1, 0.15) is 10.8 Å². The van der Waals surface area contributed by atoms with E-state index in [1.54, 1.807) is 0 Å². The Bertz CT molecular complexity index is 556. The molecule has 82 valence electrons. The maximum atomic E-state index is 5.86. The average molecular weight is 234 g/mol. The zero-order valence-electron chi connectivity index (χ0n) is 8.76. The number of nitrogens with zero attached hydrogens (tertiary/aromatic N) is 1. The molecular weight excluding hydrogens is 222 g/mol. The Morgan fingerprint density at radius 2 is 2.25 bits per heavy atom. The minimum atomic E-state index is 0.528. The van der Waals surface area contributed by atoms with Gasteiger partial charge in [0.2, 0.25) is 0 Å². The molecule has 16 heavy (non-hydrogen) atoms. The van der Waals surface area contributed by atoms with E-state index in [9.17, 15) is 0 Å². The van der Waals surface area contributed by atoms with Crippen molar-refractivity contribution in [2.75, 3.05) is 13.1 Å². The third kappa shape index (κ3) is 1.62. The molecule has 0 atom stereocenters. The summed E-state index contributed by atoms with van der Waals surface area (Å²) in [6.45, 7) is 1.99. The van der Waals surface area contributed by atoms with Crippen molar-refractivity contribution in [3.8, 4) is 0 Å². The van der Waals surface area contributed by atoms with Crippen molar-refractivity contribution < 1.29 is 0 Å². The van der Waals surface area contributed by atoms with E-state index in [-0.39, 0.29) is 0 Å². The van der Waals surface area contributed by atoms with E-state index in [0.29, 0.717) is 5.15 Å². The Morgan fingerprint density at radius 1 is 1.31 bits per heavy atom. The van der Waals surface area contributed by atoms with E-state index in [0.717, 1.165) is 30.5 Å². The van der Waals surface area contributed by atoms with E-state index < -0.39 is 0 Å². The zero-order chi connectivity index (χ0) is 11.0. The number of H-pyrrole nitrogens is 1. The SMILES string of the molecule is Clc1ccc2c(C3=CCNCC3)c[nH]c2n1. The standard InChI is InChI=1S/C12H12ClN3/c13-11-2-1-9-10(7-15-12(9)16-11)8-3-5-14-6-4-8/h1-3,7,14H,4-6H2,(H,15,16). The van der Waals surface area contributed by atoms with Crippen LogP contribution in [0.4, 0.5) is 0 Å². The highest BCUT2D eigenvalue weighted by molar-refractivity contribution is 6.29. The molecule has 3 nitrogen and oxygen atoms in total. The number of halogens is 1. The summed E-state index contributed by atoms with van der Waals surface area (Å²) >= 11 is 5.86. The first-order chi connectivity index (χ1) is 7.84. The fraction of sp³-hybridized carbons (Fsp3) is 0.250. The van der Waals surface area contributed by atoms with Gasteiger partial charge in [-0.1, -0.05) is 17.7 Å². The van der Waals surface area contributed by atoms with Gasteiger partial charge < -0.3 is 10.3 Å². The molecule has 0 radical (unpaired) electrons. The number of pyridine rings is 1. The molecule has 0 fully saturated rings. The number of fused-ring (bicyclic) bond motifs is 1. The molecule has 2 aromatic heterocycles. The molecular formula is C12H12ClN3. The highest BCUT2D eigenvalue weighted by Crippen LogP contribution is 2.27. The molecule has 1 aliphatic rings. The third-order valence-electron chi connectivity index (χ3n) is 2.91. The van der Waals surface area contributed by atoms with Crippen LogP contribution in [0.1, 0.15) is 12.0 Å². The molecule has 0 saturated heterocycles. The number of aromatic nitrogens is 2. The Hall–Kier alpha value is -1.32. The second kappa shape index (κ2) is 3.92. The van der Waals surface area contributed by atoms with E-state index >= 15 is 0 Å². The van der Waals surface area contributed by atoms with Crippen molar-refractivity contribution in [3.63, 3.8) is 0 Å². The molecule has 3 heterocycles. The molecule has 0 unspecified atom stereocenters. The lowest BCUT2D eigenvalue weighted by Crippen LogP contribution is -2.19. The minimum Gasteiger partial charge on any atom is -0.345 e. The summed E-state index contributed by atoms with van der Waals surface area (Å²) in [6.07, 6.45) is 5.32. The van der Waals surface area contributed by atoms with Crippen molar-refractivity contribution in [1.29, 1.82) is 0 Å². The molecule has 0 bridgehead atoms. The minimum absolute atomic E-state index is 0.528. The lowest BCUT2D eigenvalue weighted by Gasteiger charge is -2.13. The predicted octanol–water partition coefficient (Wildman–Crippen LogP) is 2.59. The first-order valence-electron chi connectivity index (χ1n) is 5.38. The van der Waals surface area contributed by atoms with E-state index in [4.69, 9.17) is 11.6 Å². The van der Waals surface area contributed by atoms with E-state index in [1.807, 2.05) is 18.3 Å². The van der Waals surface area contributed by atoms with Crippen molar-refractivity contribution in [3.05, 3.63) is 35.1 Å². The van der Waals surface area contributed by atoms with Crippen LogP contribution in [0.25, 0.3) is 16.6 Å². The molecule has 0 saturated carbocycles. The van der Waals surface area contributed by atoms with Crippen LogP contribution >= 0.6 is 11.6 Å². The van der Waals surface area contributed by atoms with E-state index in [1.165, 1.54) is 11.1 Å². The topological polar surface area (TPSA) is 40.7 Å². The first-order valence-corrected chi connectivity index (χ1v) is 5.76. The van der Waals surface area contributed by atoms with Crippen LogP contribution in [0.5, 0.6) is 0 Å². The summed E-state index contributed by atoms with van der Waals surface area (Å²) in [5.41, 5.74) is 3.50.